The highest BCUT2D eigenvalue weighted by molar-refractivity contribution is 6.00. The first-order valence-electron chi connectivity index (χ1n) is 11.6. The monoisotopic (exact) mass is 471 g/mol. The van der Waals surface area contributed by atoms with Crippen molar-refractivity contribution in [3.63, 3.8) is 0 Å². The Labute approximate surface area is 205 Å². The molecule has 0 radical (unpaired) electrons. The Hall–Kier alpha value is -3.90. The SMILES string of the molecule is COC(=O)[C@]1(C/C=C/c2ccccc2)N=C(c2ccc(OCCCO)cc2)O[C@@H]1c1ccccc1. The summed E-state index contributed by atoms with van der Waals surface area (Å²) in [6, 6.07) is 26.8. The predicted molar refractivity (Wildman–Crippen MR) is 135 cm³/mol. The number of rotatable bonds is 10. The molecule has 1 aliphatic rings. The summed E-state index contributed by atoms with van der Waals surface area (Å²) in [4.78, 5) is 18.1. The second-order valence-electron chi connectivity index (χ2n) is 8.21. The molecule has 0 saturated heterocycles. The number of benzene rings is 3. The van der Waals surface area contributed by atoms with Crippen molar-refractivity contribution in [2.24, 2.45) is 4.99 Å². The number of aliphatic hydroxyl groups excluding tert-OH is 1. The smallest absolute Gasteiger partial charge is 0.338 e. The van der Waals surface area contributed by atoms with Crippen LogP contribution in [0.2, 0.25) is 0 Å². The Morgan fingerprint density at radius 2 is 1.71 bits per heavy atom. The van der Waals surface area contributed by atoms with Gasteiger partial charge in [0.05, 0.1) is 13.7 Å². The molecular weight excluding hydrogens is 442 g/mol. The van der Waals surface area contributed by atoms with Crippen molar-refractivity contribution in [3.05, 3.63) is 108 Å². The van der Waals surface area contributed by atoms with Crippen molar-refractivity contribution < 1.29 is 24.1 Å². The van der Waals surface area contributed by atoms with Gasteiger partial charge in [-0.25, -0.2) is 9.79 Å². The number of nitrogens with zero attached hydrogens (tertiary/aromatic N) is 1. The second-order valence-corrected chi connectivity index (χ2v) is 8.21. The summed E-state index contributed by atoms with van der Waals surface area (Å²) < 4.78 is 17.2. The molecule has 0 aliphatic carbocycles. The lowest BCUT2D eigenvalue weighted by Crippen LogP contribution is -2.41. The van der Waals surface area contributed by atoms with Gasteiger partial charge in [0.1, 0.15) is 5.75 Å². The molecule has 2 atom stereocenters. The summed E-state index contributed by atoms with van der Waals surface area (Å²) in [5.41, 5.74) is 1.34. The largest absolute Gasteiger partial charge is 0.494 e. The molecule has 1 N–H and O–H groups in total. The lowest BCUT2D eigenvalue weighted by Gasteiger charge is -2.28. The maximum absolute atomic E-state index is 13.3. The van der Waals surface area contributed by atoms with E-state index in [1.165, 1.54) is 7.11 Å². The lowest BCUT2D eigenvalue weighted by molar-refractivity contribution is -0.149. The molecule has 4 rings (SSSR count). The molecule has 35 heavy (non-hydrogen) atoms. The van der Waals surface area contributed by atoms with Crippen LogP contribution in [-0.2, 0) is 14.3 Å². The van der Waals surface area contributed by atoms with E-state index in [2.05, 4.69) is 0 Å². The molecule has 0 spiro atoms. The van der Waals surface area contributed by atoms with Crippen molar-refractivity contribution in [3.8, 4) is 5.75 Å². The van der Waals surface area contributed by atoms with E-state index in [0.29, 0.717) is 31.1 Å². The van der Waals surface area contributed by atoms with Crippen molar-refractivity contribution in [2.45, 2.75) is 24.5 Å². The second kappa shape index (κ2) is 11.5. The zero-order valence-corrected chi connectivity index (χ0v) is 19.7. The molecule has 0 aromatic heterocycles. The molecule has 6 heteroatoms. The highest BCUT2D eigenvalue weighted by atomic mass is 16.5. The number of hydrogen-bond donors (Lipinski definition) is 1. The van der Waals surface area contributed by atoms with Gasteiger partial charge in [-0.1, -0.05) is 72.8 Å². The molecule has 0 fully saturated rings. The fraction of sp³-hybridized carbons (Fsp3) is 0.241. The van der Waals surface area contributed by atoms with Crippen molar-refractivity contribution in [1.82, 2.24) is 0 Å². The summed E-state index contributed by atoms with van der Waals surface area (Å²) in [6.07, 6.45) is 4.13. The van der Waals surface area contributed by atoms with Gasteiger partial charge >= 0.3 is 5.97 Å². The Kier molecular flexibility index (Phi) is 7.95. The normalized spacial score (nSPS) is 19.3. The van der Waals surface area contributed by atoms with Gasteiger partial charge in [0.2, 0.25) is 11.4 Å². The van der Waals surface area contributed by atoms with E-state index in [0.717, 1.165) is 16.7 Å². The lowest BCUT2D eigenvalue weighted by atomic mass is 9.85. The first kappa shape index (κ1) is 24.2. The van der Waals surface area contributed by atoms with Gasteiger partial charge < -0.3 is 19.3 Å². The fourth-order valence-corrected chi connectivity index (χ4v) is 4.03. The molecule has 0 bridgehead atoms. The number of carbonyl (C=O) groups excluding carboxylic acids is 1. The number of carbonyl (C=O) groups is 1. The zero-order chi connectivity index (χ0) is 24.5. The van der Waals surface area contributed by atoms with E-state index >= 15 is 0 Å². The van der Waals surface area contributed by atoms with E-state index in [9.17, 15) is 4.79 Å². The third-order valence-electron chi connectivity index (χ3n) is 5.82. The highest BCUT2D eigenvalue weighted by Crippen LogP contribution is 2.43. The zero-order valence-electron chi connectivity index (χ0n) is 19.7. The van der Waals surface area contributed by atoms with Crippen LogP contribution in [0.4, 0.5) is 0 Å². The van der Waals surface area contributed by atoms with Crippen LogP contribution in [0.1, 0.15) is 35.6 Å². The van der Waals surface area contributed by atoms with Crippen LogP contribution in [0.3, 0.4) is 0 Å². The van der Waals surface area contributed by atoms with Gasteiger partial charge in [-0.15, -0.1) is 0 Å². The van der Waals surface area contributed by atoms with Crippen molar-refractivity contribution >= 4 is 17.9 Å². The number of methoxy groups -OCH3 is 1. The number of aliphatic hydroxyl groups is 1. The minimum Gasteiger partial charge on any atom is -0.494 e. The van der Waals surface area contributed by atoms with Crippen LogP contribution in [0.25, 0.3) is 6.08 Å². The van der Waals surface area contributed by atoms with Gasteiger partial charge in [-0.2, -0.15) is 0 Å². The Balaban J connectivity index is 1.68. The van der Waals surface area contributed by atoms with Gasteiger partial charge in [0, 0.05) is 25.0 Å². The van der Waals surface area contributed by atoms with Gasteiger partial charge in [0.15, 0.2) is 6.10 Å². The van der Waals surface area contributed by atoms with E-state index in [1.54, 1.807) is 0 Å². The maximum atomic E-state index is 13.3. The molecule has 180 valence electrons. The minimum atomic E-state index is -1.27. The molecule has 3 aromatic rings. The number of esters is 1. The predicted octanol–water partition coefficient (Wildman–Crippen LogP) is 4.98. The molecule has 3 aromatic carbocycles. The Bertz CT molecular complexity index is 1160. The van der Waals surface area contributed by atoms with E-state index in [1.807, 2.05) is 97.1 Å². The van der Waals surface area contributed by atoms with E-state index in [4.69, 9.17) is 24.3 Å². The quantitative estimate of drug-likeness (QED) is 0.333. The highest BCUT2D eigenvalue weighted by Gasteiger charge is 2.53. The van der Waals surface area contributed by atoms with Gasteiger partial charge in [0.25, 0.3) is 0 Å². The number of hydrogen-bond acceptors (Lipinski definition) is 6. The molecule has 0 amide bonds. The minimum absolute atomic E-state index is 0.0813. The molecule has 6 nitrogen and oxygen atoms in total. The van der Waals surface area contributed by atoms with Crippen LogP contribution in [0.15, 0.2) is 96.0 Å². The molecular formula is C29H29NO5. The van der Waals surface area contributed by atoms with Crippen LogP contribution in [-0.4, -0.2) is 42.8 Å². The first-order chi connectivity index (χ1) is 17.2. The van der Waals surface area contributed by atoms with E-state index < -0.39 is 17.6 Å². The maximum Gasteiger partial charge on any atom is 0.338 e. The fourth-order valence-electron chi connectivity index (χ4n) is 4.03. The van der Waals surface area contributed by atoms with Crippen LogP contribution >= 0.6 is 0 Å². The van der Waals surface area contributed by atoms with Crippen molar-refractivity contribution in [2.75, 3.05) is 20.3 Å². The average Bonchev–Trinajstić information content (AvgIpc) is 3.30. The van der Waals surface area contributed by atoms with E-state index in [-0.39, 0.29) is 6.61 Å². The third-order valence-corrected chi connectivity index (χ3v) is 5.82. The van der Waals surface area contributed by atoms with Crippen LogP contribution < -0.4 is 4.74 Å². The third kappa shape index (κ3) is 5.61. The summed E-state index contributed by atoms with van der Waals surface area (Å²) in [6.45, 7) is 0.514. The summed E-state index contributed by atoms with van der Waals surface area (Å²) >= 11 is 0. The topological polar surface area (TPSA) is 77.4 Å². The molecule has 1 aliphatic heterocycles. The van der Waals surface area contributed by atoms with Crippen LogP contribution in [0, 0.1) is 0 Å². The summed E-state index contributed by atoms with van der Waals surface area (Å²) in [7, 11) is 1.37. The van der Waals surface area contributed by atoms with Crippen LogP contribution in [0.5, 0.6) is 5.75 Å². The molecule has 0 unspecified atom stereocenters. The summed E-state index contributed by atoms with van der Waals surface area (Å²) in [5.74, 6) is 0.604. The Morgan fingerprint density at radius 1 is 1.03 bits per heavy atom. The van der Waals surface area contributed by atoms with Crippen molar-refractivity contribution in [1.29, 1.82) is 0 Å². The number of ether oxygens (including phenoxy) is 3. The first-order valence-corrected chi connectivity index (χ1v) is 11.6. The standard InChI is InChI=1S/C29H29NO5/c1-33-28(32)29(19-8-12-22-10-4-2-5-11-22)26(23-13-6-3-7-14-23)35-27(30-29)24-15-17-25(18-16-24)34-21-9-20-31/h2-8,10-18,26,31H,9,19-21H2,1H3/b12-8+/t26-,29-/m1/s1. The van der Waals surface area contributed by atoms with Gasteiger partial charge in [-0.3, -0.25) is 0 Å². The molecule has 1 heterocycles. The Morgan fingerprint density at radius 3 is 2.37 bits per heavy atom. The average molecular weight is 472 g/mol. The van der Waals surface area contributed by atoms with Gasteiger partial charge in [-0.05, 0) is 35.4 Å². The molecule has 0 saturated carbocycles. The number of aliphatic imine (C=N–C) groups is 1. The summed E-state index contributed by atoms with van der Waals surface area (Å²) in [5, 5.41) is 8.94.